The third-order valence-electron chi connectivity index (χ3n) is 4.95. The number of aromatic nitrogens is 1. The Labute approximate surface area is 166 Å². The van der Waals surface area contributed by atoms with E-state index in [-0.39, 0.29) is 12.0 Å². The number of fused-ring (bicyclic) bond motifs is 1. The molecule has 3 rings (SSSR count). The van der Waals surface area contributed by atoms with Crippen LogP contribution in [0.15, 0.2) is 24.3 Å². The summed E-state index contributed by atoms with van der Waals surface area (Å²) in [7, 11) is 7.20. The number of carbonyl (C=O) groups is 1. The van der Waals surface area contributed by atoms with Gasteiger partial charge >= 0.3 is 0 Å². The maximum atomic E-state index is 13.0. The number of ether oxygens (including phenoxy) is 3. The smallest absolute Gasteiger partial charge is 0.252 e. The van der Waals surface area contributed by atoms with Crippen molar-refractivity contribution in [3.8, 4) is 5.75 Å². The lowest BCUT2D eigenvalue weighted by atomic mass is 10.1. The van der Waals surface area contributed by atoms with E-state index in [4.69, 9.17) is 19.2 Å². The van der Waals surface area contributed by atoms with Crippen molar-refractivity contribution >= 4 is 22.6 Å². The van der Waals surface area contributed by atoms with Crippen molar-refractivity contribution in [1.82, 2.24) is 9.88 Å². The molecule has 152 valence electrons. The summed E-state index contributed by atoms with van der Waals surface area (Å²) >= 11 is 0. The van der Waals surface area contributed by atoms with E-state index in [1.165, 1.54) is 0 Å². The minimum absolute atomic E-state index is 0.0223. The molecule has 1 aromatic carbocycles. The molecular formula is C21H29N3O4. The monoisotopic (exact) mass is 387 g/mol. The van der Waals surface area contributed by atoms with Gasteiger partial charge in [-0.15, -0.1) is 0 Å². The summed E-state index contributed by atoms with van der Waals surface area (Å²) in [5.74, 6) is 1.63. The molecule has 1 aliphatic rings. The number of rotatable bonds is 8. The second-order valence-corrected chi connectivity index (χ2v) is 7.18. The van der Waals surface area contributed by atoms with Gasteiger partial charge in [0.25, 0.3) is 5.91 Å². The molecule has 2 aromatic rings. The van der Waals surface area contributed by atoms with Crippen molar-refractivity contribution in [3.05, 3.63) is 29.8 Å². The van der Waals surface area contributed by atoms with Gasteiger partial charge in [-0.25, -0.2) is 4.98 Å². The van der Waals surface area contributed by atoms with E-state index in [1.54, 1.807) is 14.2 Å². The van der Waals surface area contributed by atoms with Crippen molar-refractivity contribution in [1.29, 1.82) is 0 Å². The number of benzene rings is 1. The van der Waals surface area contributed by atoms with E-state index in [0.717, 1.165) is 40.9 Å². The third-order valence-corrected chi connectivity index (χ3v) is 4.95. The van der Waals surface area contributed by atoms with Gasteiger partial charge in [0, 0.05) is 57.9 Å². The maximum absolute atomic E-state index is 13.0. The summed E-state index contributed by atoms with van der Waals surface area (Å²) in [6.45, 7) is 2.11. The quantitative estimate of drug-likeness (QED) is 0.693. The molecule has 0 saturated carbocycles. The summed E-state index contributed by atoms with van der Waals surface area (Å²) in [5.41, 5.74) is 1.85. The van der Waals surface area contributed by atoms with Crippen molar-refractivity contribution < 1.29 is 19.0 Å². The Morgan fingerprint density at radius 3 is 2.75 bits per heavy atom. The molecule has 1 aromatic heterocycles. The van der Waals surface area contributed by atoms with Crippen molar-refractivity contribution in [2.24, 2.45) is 0 Å². The molecule has 1 aliphatic heterocycles. The highest BCUT2D eigenvalue weighted by atomic mass is 16.5. The normalized spacial score (nSPS) is 16.4. The Morgan fingerprint density at radius 1 is 1.29 bits per heavy atom. The lowest BCUT2D eigenvalue weighted by molar-refractivity contribution is -0.142. The van der Waals surface area contributed by atoms with Crippen LogP contribution in [0.4, 0.5) is 5.82 Å². The molecule has 0 N–H and O–H groups in total. The van der Waals surface area contributed by atoms with Crippen LogP contribution < -0.4 is 9.64 Å². The standard InChI is InChI=1S/C21H29N3O4/c1-23(2)20-16(12-15-7-8-17(27-4)13-18(15)22-20)14-24(9-11-26-3)21(25)19-6-5-10-28-19/h7-8,12-13,19H,5-6,9-11,14H2,1-4H3/t19-/m0/s1. The van der Waals surface area contributed by atoms with Gasteiger partial charge in [0.1, 0.15) is 17.7 Å². The molecular weight excluding hydrogens is 358 g/mol. The maximum Gasteiger partial charge on any atom is 0.252 e. The minimum atomic E-state index is -0.350. The van der Waals surface area contributed by atoms with E-state index < -0.39 is 0 Å². The van der Waals surface area contributed by atoms with E-state index in [1.807, 2.05) is 42.1 Å². The molecule has 0 aliphatic carbocycles. The zero-order chi connectivity index (χ0) is 20.1. The predicted molar refractivity (Wildman–Crippen MR) is 109 cm³/mol. The molecule has 0 spiro atoms. The van der Waals surface area contributed by atoms with Crippen LogP contribution in [0.5, 0.6) is 5.75 Å². The van der Waals surface area contributed by atoms with Gasteiger partial charge in [0.2, 0.25) is 0 Å². The summed E-state index contributed by atoms with van der Waals surface area (Å²) < 4.78 is 16.2. The fourth-order valence-corrected chi connectivity index (χ4v) is 3.46. The number of pyridine rings is 1. The summed E-state index contributed by atoms with van der Waals surface area (Å²) in [6, 6.07) is 7.93. The van der Waals surface area contributed by atoms with Crippen molar-refractivity contribution in [2.45, 2.75) is 25.5 Å². The molecule has 1 atom stereocenters. The van der Waals surface area contributed by atoms with Gasteiger partial charge in [-0.3, -0.25) is 4.79 Å². The van der Waals surface area contributed by atoms with Crippen LogP contribution in [-0.4, -0.2) is 70.0 Å². The van der Waals surface area contributed by atoms with Crippen LogP contribution in [0.2, 0.25) is 0 Å². The number of hydrogen-bond donors (Lipinski definition) is 0. The van der Waals surface area contributed by atoms with Crippen LogP contribution in [0.3, 0.4) is 0 Å². The number of hydrogen-bond acceptors (Lipinski definition) is 6. The molecule has 1 fully saturated rings. The largest absolute Gasteiger partial charge is 0.497 e. The molecule has 7 nitrogen and oxygen atoms in total. The molecule has 1 amide bonds. The van der Waals surface area contributed by atoms with E-state index >= 15 is 0 Å². The number of amides is 1. The van der Waals surface area contributed by atoms with E-state index in [0.29, 0.717) is 26.3 Å². The molecule has 28 heavy (non-hydrogen) atoms. The Balaban J connectivity index is 1.93. The summed E-state index contributed by atoms with van der Waals surface area (Å²) in [5, 5.41) is 1.01. The second-order valence-electron chi connectivity index (χ2n) is 7.18. The van der Waals surface area contributed by atoms with Crippen LogP contribution in [0, 0.1) is 0 Å². The first-order valence-corrected chi connectivity index (χ1v) is 9.57. The van der Waals surface area contributed by atoms with E-state index in [2.05, 4.69) is 6.07 Å². The Kier molecular flexibility index (Phi) is 6.70. The number of nitrogens with zero attached hydrogens (tertiary/aromatic N) is 3. The molecule has 0 bridgehead atoms. The average molecular weight is 387 g/mol. The SMILES string of the molecule is COCCN(Cc1cc2ccc(OC)cc2nc1N(C)C)C(=O)[C@@H]1CCCO1. The number of anilines is 1. The minimum Gasteiger partial charge on any atom is -0.497 e. The van der Waals surface area contributed by atoms with Gasteiger partial charge in [-0.2, -0.15) is 0 Å². The van der Waals surface area contributed by atoms with Crippen molar-refractivity contribution in [3.63, 3.8) is 0 Å². The van der Waals surface area contributed by atoms with Gasteiger partial charge < -0.3 is 24.0 Å². The highest BCUT2D eigenvalue weighted by molar-refractivity contribution is 5.84. The fraction of sp³-hybridized carbons (Fsp3) is 0.524. The molecule has 7 heteroatoms. The lowest BCUT2D eigenvalue weighted by Crippen LogP contribution is -2.40. The molecule has 2 heterocycles. The van der Waals surface area contributed by atoms with Gasteiger partial charge in [0.15, 0.2) is 0 Å². The zero-order valence-electron chi connectivity index (χ0n) is 17.1. The van der Waals surface area contributed by atoms with Crippen molar-refractivity contribution in [2.75, 3.05) is 53.0 Å². The topological polar surface area (TPSA) is 64.1 Å². The summed E-state index contributed by atoms with van der Waals surface area (Å²) in [4.78, 5) is 21.6. The lowest BCUT2D eigenvalue weighted by Gasteiger charge is -2.27. The van der Waals surface area contributed by atoms with Gasteiger partial charge in [0.05, 0.1) is 19.2 Å². The molecule has 1 saturated heterocycles. The second kappa shape index (κ2) is 9.21. The first-order valence-electron chi connectivity index (χ1n) is 9.57. The Bertz CT molecular complexity index is 819. The van der Waals surface area contributed by atoms with Crippen LogP contribution >= 0.6 is 0 Å². The Morgan fingerprint density at radius 2 is 2.11 bits per heavy atom. The first kappa shape index (κ1) is 20.4. The first-order chi connectivity index (χ1) is 13.5. The highest BCUT2D eigenvalue weighted by Crippen LogP contribution is 2.27. The van der Waals surface area contributed by atoms with Crippen LogP contribution in [-0.2, 0) is 20.8 Å². The fourth-order valence-electron chi connectivity index (χ4n) is 3.46. The van der Waals surface area contributed by atoms with Gasteiger partial charge in [-0.05, 0) is 31.0 Å². The highest BCUT2D eigenvalue weighted by Gasteiger charge is 2.29. The number of carbonyl (C=O) groups excluding carboxylic acids is 1. The molecule has 0 radical (unpaired) electrons. The Hall–Kier alpha value is -2.38. The van der Waals surface area contributed by atoms with Crippen LogP contribution in [0.1, 0.15) is 18.4 Å². The van der Waals surface area contributed by atoms with E-state index in [9.17, 15) is 4.79 Å². The zero-order valence-corrected chi connectivity index (χ0v) is 17.1. The average Bonchev–Trinajstić information content (AvgIpc) is 3.24. The third kappa shape index (κ3) is 4.54. The van der Waals surface area contributed by atoms with Gasteiger partial charge in [-0.1, -0.05) is 0 Å². The van der Waals surface area contributed by atoms with Crippen LogP contribution in [0.25, 0.3) is 10.9 Å². The summed E-state index contributed by atoms with van der Waals surface area (Å²) in [6.07, 6.45) is 1.35. The molecule has 0 unspecified atom stereocenters. The predicted octanol–water partition coefficient (Wildman–Crippen LogP) is 2.46. The number of methoxy groups -OCH3 is 2.